The lowest BCUT2D eigenvalue weighted by molar-refractivity contribution is -0.137. The molecule has 1 amide bonds. The third-order valence-corrected chi connectivity index (χ3v) is 2.91. The molecule has 0 aliphatic rings. The van der Waals surface area contributed by atoms with E-state index in [9.17, 15) is 9.59 Å². The predicted molar refractivity (Wildman–Crippen MR) is 77.7 cm³/mol. The maximum atomic E-state index is 11.7. The molecule has 0 atom stereocenters. The number of hydrogen-bond donors (Lipinski definition) is 2. The third-order valence-electron chi connectivity index (χ3n) is 2.91. The minimum absolute atomic E-state index is 0.0151. The zero-order chi connectivity index (χ0) is 15.8. The van der Waals surface area contributed by atoms with Crippen LogP contribution >= 0.6 is 0 Å². The molecule has 0 aliphatic carbocycles. The molecule has 0 unspecified atom stereocenters. The lowest BCUT2D eigenvalue weighted by Crippen LogP contribution is -2.29. The van der Waals surface area contributed by atoms with Gasteiger partial charge in [-0.3, -0.25) is 9.59 Å². The van der Waals surface area contributed by atoms with Crippen molar-refractivity contribution in [1.29, 1.82) is 0 Å². The Hall–Kier alpha value is -2.77. The Labute approximate surface area is 127 Å². The molecule has 22 heavy (non-hydrogen) atoms. The van der Waals surface area contributed by atoms with Crippen LogP contribution in [0.3, 0.4) is 0 Å². The number of aliphatic carboxylic acids is 1. The molecule has 2 rings (SSSR count). The summed E-state index contributed by atoms with van der Waals surface area (Å²) in [6.45, 7) is 0.422. The van der Waals surface area contributed by atoms with Crippen LogP contribution in [0.1, 0.15) is 19.3 Å². The number of rotatable bonds is 8. The highest BCUT2D eigenvalue weighted by molar-refractivity contribution is 5.75. The van der Waals surface area contributed by atoms with Crippen molar-refractivity contribution >= 4 is 11.9 Å². The van der Waals surface area contributed by atoms with Gasteiger partial charge in [-0.05, 0) is 18.1 Å². The van der Waals surface area contributed by atoms with Crippen molar-refractivity contribution in [3.8, 4) is 11.4 Å². The normalized spacial score (nSPS) is 10.4. The Kier molecular flexibility index (Phi) is 5.58. The fourth-order valence-electron chi connectivity index (χ4n) is 1.83. The Morgan fingerprint density at radius 2 is 1.95 bits per heavy atom. The molecular weight excluding hydrogens is 286 g/mol. The molecule has 8 heteroatoms. The van der Waals surface area contributed by atoms with Crippen molar-refractivity contribution in [3.05, 3.63) is 30.3 Å². The molecule has 2 N–H and O–H groups in total. The monoisotopic (exact) mass is 303 g/mol. The van der Waals surface area contributed by atoms with E-state index in [1.165, 1.54) is 4.80 Å². The zero-order valence-electron chi connectivity index (χ0n) is 12.0. The Morgan fingerprint density at radius 1 is 1.18 bits per heavy atom. The van der Waals surface area contributed by atoms with E-state index in [0.717, 1.165) is 5.56 Å². The number of carbonyl (C=O) groups excluding carboxylic acids is 1. The average Bonchev–Trinajstić information content (AvgIpc) is 2.96. The fourth-order valence-corrected chi connectivity index (χ4v) is 1.83. The van der Waals surface area contributed by atoms with Crippen LogP contribution in [0, 0.1) is 0 Å². The number of amides is 1. The average molecular weight is 303 g/mol. The van der Waals surface area contributed by atoms with Gasteiger partial charge in [-0.25, -0.2) is 0 Å². The predicted octanol–water partition coefficient (Wildman–Crippen LogP) is 0.711. The molecule has 2 aromatic rings. The van der Waals surface area contributed by atoms with E-state index >= 15 is 0 Å². The number of unbranched alkanes of at least 4 members (excludes halogenated alkanes) is 1. The molecule has 0 fully saturated rings. The maximum Gasteiger partial charge on any atom is 0.303 e. The van der Waals surface area contributed by atoms with Gasteiger partial charge in [-0.15, -0.1) is 10.2 Å². The van der Waals surface area contributed by atoms with Crippen molar-refractivity contribution in [2.24, 2.45) is 0 Å². The van der Waals surface area contributed by atoms with Crippen molar-refractivity contribution < 1.29 is 14.7 Å². The summed E-state index contributed by atoms with van der Waals surface area (Å²) in [7, 11) is 0. The first-order valence-corrected chi connectivity index (χ1v) is 6.97. The van der Waals surface area contributed by atoms with Gasteiger partial charge in [0.15, 0.2) is 0 Å². The summed E-state index contributed by atoms with van der Waals surface area (Å²) >= 11 is 0. The third kappa shape index (κ3) is 4.97. The van der Waals surface area contributed by atoms with Gasteiger partial charge >= 0.3 is 5.97 Å². The summed E-state index contributed by atoms with van der Waals surface area (Å²) in [5, 5.41) is 23.1. The van der Waals surface area contributed by atoms with Crippen LogP contribution in [-0.2, 0) is 16.1 Å². The number of nitrogens with zero attached hydrogens (tertiary/aromatic N) is 4. The molecule has 1 aromatic carbocycles. The second-order valence-corrected chi connectivity index (χ2v) is 4.71. The highest BCUT2D eigenvalue weighted by atomic mass is 16.4. The summed E-state index contributed by atoms with van der Waals surface area (Å²) < 4.78 is 0. The largest absolute Gasteiger partial charge is 0.481 e. The minimum atomic E-state index is -0.827. The van der Waals surface area contributed by atoms with E-state index < -0.39 is 5.97 Å². The first-order valence-electron chi connectivity index (χ1n) is 6.97. The van der Waals surface area contributed by atoms with Gasteiger partial charge in [-0.2, -0.15) is 4.80 Å². The highest BCUT2D eigenvalue weighted by Gasteiger charge is 2.08. The van der Waals surface area contributed by atoms with Gasteiger partial charge in [0.25, 0.3) is 0 Å². The zero-order valence-corrected chi connectivity index (χ0v) is 12.0. The molecule has 0 aliphatic heterocycles. The number of carbonyl (C=O) groups is 2. The quantitative estimate of drug-likeness (QED) is 0.695. The van der Waals surface area contributed by atoms with Gasteiger partial charge in [0.05, 0.1) is 0 Å². The summed E-state index contributed by atoms with van der Waals surface area (Å²) in [5.41, 5.74) is 0.836. The number of carboxylic acid groups (broad SMARTS) is 1. The first-order chi connectivity index (χ1) is 10.6. The van der Waals surface area contributed by atoms with E-state index in [4.69, 9.17) is 5.11 Å². The molecule has 0 bridgehead atoms. The van der Waals surface area contributed by atoms with E-state index in [2.05, 4.69) is 20.7 Å². The number of nitrogens with one attached hydrogen (secondary N) is 1. The lowest BCUT2D eigenvalue weighted by atomic mass is 10.2. The second-order valence-electron chi connectivity index (χ2n) is 4.71. The topological polar surface area (TPSA) is 110 Å². The number of hydrogen-bond acceptors (Lipinski definition) is 5. The Morgan fingerprint density at radius 3 is 2.68 bits per heavy atom. The van der Waals surface area contributed by atoms with Gasteiger partial charge in [-0.1, -0.05) is 30.3 Å². The second kappa shape index (κ2) is 7.87. The molecule has 0 radical (unpaired) electrons. The van der Waals surface area contributed by atoms with Crippen LogP contribution in [-0.4, -0.2) is 43.7 Å². The number of aromatic nitrogens is 4. The number of carboxylic acids is 1. The number of benzene rings is 1. The van der Waals surface area contributed by atoms with Crippen LogP contribution in [0.15, 0.2) is 30.3 Å². The van der Waals surface area contributed by atoms with Crippen molar-refractivity contribution in [3.63, 3.8) is 0 Å². The summed E-state index contributed by atoms with van der Waals surface area (Å²) in [5.74, 6) is -0.589. The summed E-state index contributed by atoms with van der Waals surface area (Å²) in [6, 6.07) is 9.37. The fraction of sp³-hybridized carbons (Fsp3) is 0.357. The standard InChI is InChI=1S/C14H17N5O3/c20-12(15-9-5-4-8-13(21)22)10-19-17-14(16-18-19)11-6-2-1-3-7-11/h1-3,6-7H,4-5,8-10H2,(H,15,20)(H,21,22). The van der Waals surface area contributed by atoms with Crippen molar-refractivity contribution in [2.75, 3.05) is 6.54 Å². The van der Waals surface area contributed by atoms with Crippen LogP contribution in [0.2, 0.25) is 0 Å². The number of tetrazole rings is 1. The van der Waals surface area contributed by atoms with E-state index in [1.54, 1.807) is 0 Å². The van der Waals surface area contributed by atoms with Crippen LogP contribution in [0.25, 0.3) is 11.4 Å². The molecule has 0 saturated carbocycles. The summed E-state index contributed by atoms with van der Waals surface area (Å²) in [6.07, 6.45) is 1.27. The van der Waals surface area contributed by atoms with Gasteiger partial charge in [0.1, 0.15) is 6.54 Å². The van der Waals surface area contributed by atoms with Gasteiger partial charge < -0.3 is 10.4 Å². The van der Waals surface area contributed by atoms with E-state index in [1.807, 2.05) is 30.3 Å². The Balaban J connectivity index is 1.76. The minimum Gasteiger partial charge on any atom is -0.481 e. The molecule has 116 valence electrons. The smallest absolute Gasteiger partial charge is 0.303 e. The molecule has 0 spiro atoms. The Bertz CT molecular complexity index is 626. The molecule has 0 saturated heterocycles. The molecule has 1 aromatic heterocycles. The molecular formula is C14H17N5O3. The lowest BCUT2D eigenvalue weighted by Gasteiger charge is -2.03. The molecule has 8 nitrogen and oxygen atoms in total. The van der Waals surface area contributed by atoms with Crippen molar-refractivity contribution in [1.82, 2.24) is 25.5 Å². The maximum absolute atomic E-state index is 11.7. The molecule has 1 heterocycles. The first kappa shape index (κ1) is 15.6. The van der Waals surface area contributed by atoms with Gasteiger partial charge in [0.2, 0.25) is 11.7 Å². The summed E-state index contributed by atoms with van der Waals surface area (Å²) in [4.78, 5) is 23.3. The van der Waals surface area contributed by atoms with Crippen LogP contribution < -0.4 is 5.32 Å². The van der Waals surface area contributed by atoms with Crippen LogP contribution in [0.4, 0.5) is 0 Å². The van der Waals surface area contributed by atoms with Crippen molar-refractivity contribution in [2.45, 2.75) is 25.8 Å². The van der Waals surface area contributed by atoms with Crippen LogP contribution in [0.5, 0.6) is 0 Å². The van der Waals surface area contributed by atoms with E-state index in [-0.39, 0.29) is 18.9 Å². The van der Waals surface area contributed by atoms with E-state index in [0.29, 0.717) is 25.2 Å². The highest BCUT2D eigenvalue weighted by Crippen LogP contribution is 2.11. The SMILES string of the molecule is O=C(O)CCCCNC(=O)Cn1nnc(-c2ccccc2)n1. The van der Waals surface area contributed by atoms with Gasteiger partial charge in [0, 0.05) is 18.5 Å².